The van der Waals surface area contributed by atoms with Gasteiger partial charge in [0.2, 0.25) is 0 Å². The van der Waals surface area contributed by atoms with Gasteiger partial charge in [-0.25, -0.2) is 0 Å². The van der Waals surface area contributed by atoms with Crippen molar-refractivity contribution < 1.29 is 9.90 Å². The molecule has 0 aliphatic rings. The number of benzene rings is 2. The summed E-state index contributed by atoms with van der Waals surface area (Å²) < 4.78 is 0. The van der Waals surface area contributed by atoms with Crippen LogP contribution in [0.2, 0.25) is 0 Å². The Labute approximate surface area is 128 Å². The molecule has 3 N–H and O–H groups in total. The number of aryl methyl sites for hydroxylation is 1. The van der Waals surface area contributed by atoms with Crippen LogP contribution < -0.4 is 10.6 Å². The van der Waals surface area contributed by atoms with Crippen molar-refractivity contribution in [3.63, 3.8) is 0 Å². The Bertz CT molecular complexity index is 636. The van der Waals surface area contributed by atoms with E-state index in [1.54, 1.807) is 24.3 Å². The second-order valence-corrected chi connectivity index (χ2v) is 5.12. The van der Waals surface area contributed by atoms with Crippen LogP contribution >= 0.6 is 12.2 Å². The summed E-state index contributed by atoms with van der Waals surface area (Å²) in [4.78, 5) is 10.6. The molecule has 0 atom stereocenters. The van der Waals surface area contributed by atoms with Gasteiger partial charge in [0.05, 0.1) is 6.42 Å². The summed E-state index contributed by atoms with van der Waals surface area (Å²) in [6.07, 6.45) is 0.0202. The van der Waals surface area contributed by atoms with Gasteiger partial charge >= 0.3 is 5.97 Å². The van der Waals surface area contributed by atoms with Crippen LogP contribution in [0.1, 0.15) is 11.1 Å². The molecular weight excluding hydrogens is 284 g/mol. The quantitative estimate of drug-likeness (QED) is 0.755. The first-order valence-corrected chi connectivity index (χ1v) is 6.89. The molecule has 0 fully saturated rings. The molecule has 0 saturated heterocycles. The van der Waals surface area contributed by atoms with Crippen LogP contribution in [0.4, 0.5) is 11.4 Å². The Balaban J connectivity index is 1.93. The topological polar surface area (TPSA) is 61.4 Å². The van der Waals surface area contributed by atoms with Gasteiger partial charge in [-0.1, -0.05) is 29.8 Å². The van der Waals surface area contributed by atoms with Crippen molar-refractivity contribution in [1.29, 1.82) is 0 Å². The van der Waals surface area contributed by atoms with E-state index in [4.69, 9.17) is 17.3 Å². The third-order valence-corrected chi connectivity index (χ3v) is 3.08. The normalized spacial score (nSPS) is 9.95. The fourth-order valence-corrected chi connectivity index (χ4v) is 2.05. The average Bonchev–Trinajstić information content (AvgIpc) is 2.43. The highest BCUT2D eigenvalue weighted by atomic mass is 32.1. The average molecular weight is 300 g/mol. The van der Waals surface area contributed by atoms with Gasteiger partial charge in [0.1, 0.15) is 0 Å². The van der Waals surface area contributed by atoms with Crippen LogP contribution in [-0.2, 0) is 11.2 Å². The summed E-state index contributed by atoms with van der Waals surface area (Å²) >= 11 is 5.24. The summed E-state index contributed by atoms with van der Waals surface area (Å²) in [7, 11) is 0. The minimum Gasteiger partial charge on any atom is -0.481 e. The molecule has 4 nitrogen and oxygen atoms in total. The number of aliphatic carboxylic acids is 1. The van der Waals surface area contributed by atoms with Crippen LogP contribution in [0.5, 0.6) is 0 Å². The highest BCUT2D eigenvalue weighted by molar-refractivity contribution is 7.80. The largest absolute Gasteiger partial charge is 0.481 e. The van der Waals surface area contributed by atoms with Crippen molar-refractivity contribution >= 4 is 34.7 Å². The van der Waals surface area contributed by atoms with Gasteiger partial charge < -0.3 is 15.7 Å². The second-order valence-electron chi connectivity index (χ2n) is 4.71. The lowest BCUT2D eigenvalue weighted by Gasteiger charge is -2.11. The molecule has 5 heteroatoms. The first kappa shape index (κ1) is 15.0. The molecule has 2 rings (SSSR count). The Morgan fingerprint density at radius 2 is 1.48 bits per heavy atom. The third kappa shape index (κ3) is 4.89. The van der Waals surface area contributed by atoms with Gasteiger partial charge in [0.15, 0.2) is 5.11 Å². The van der Waals surface area contributed by atoms with E-state index in [1.807, 2.05) is 31.2 Å². The van der Waals surface area contributed by atoms with E-state index in [-0.39, 0.29) is 6.42 Å². The molecule has 0 saturated carbocycles. The van der Waals surface area contributed by atoms with Gasteiger partial charge in [-0.2, -0.15) is 0 Å². The predicted molar refractivity (Wildman–Crippen MR) is 88.8 cm³/mol. The number of anilines is 2. The molecule has 0 aromatic heterocycles. The minimum absolute atomic E-state index is 0.0202. The van der Waals surface area contributed by atoms with E-state index in [9.17, 15) is 4.79 Å². The number of nitrogens with one attached hydrogen (secondary N) is 2. The van der Waals surface area contributed by atoms with Gasteiger partial charge in [-0.15, -0.1) is 0 Å². The number of thiocarbonyl (C=S) groups is 1. The third-order valence-electron chi connectivity index (χ3n) is 2.88. The monoisotopic (exact) mass is 300 g/mol. The molecule has 0 aliphatic carbocycles. The van der Waals surface area contributed by atoms with E-state index in [2.05, 4.69) is 10.6 Å². The zero-order valence-electron chi connectivity index (χ0n) is 11.6. The van der Waals surface area contributed by atoms with Crippen LogP contribution in [0.25, 0.3) is 0 Å². The Morgan fingerprint density at radius 3 is 1.95 bits per heavy atom. The molecule has 0 unspecified atom stereocenters. The van der Waals surface area contributed by atoms with Crippen LogP contribution in [0, 0.1) is 6.92 Å². The molecule has 0 aliphatic heterocycles. The van der Waals surface area contributed by atoms with Crippen LogP contribution in [-0.4, -0.2) is 16.2 Å². The molecule has 0 bridgehead atoms. The highest BCUT2D eigenvalue weighted by Gasteiger charge is 2.02. The number of carboxylic acids is 1. The molecule has 0 spiro atoms. The Morgan fingerprint density at radius 1 is 1.00 bits per heavy atom. The van der Waals surface area contributed by atoms with E-state index >= 15 is 0 Å². The van der Waals surface area contributed by atoms with E-state index < -0.39 is 5.97 Å². The summed E-state index contributed by atoms with van der Waals surface area (Å²) in [5, 5.41) is 15.4. The zero-order valence-corrected chi connectivity index (χ0v) is 12.4. The first-order valence-electron chi connectivity index (χ1n) is 6.48. The van der Waals surface area contributed by atoms with E-state index in [0.717, 1.165) is 16.9 Å². The number of hydrogen-bond acceptors (Lipinski definition) is 2. The molecule has 0 heterocycles. The van der Waals surface area contributed by atoms with Crippen molar-refractivity contribution in [1.82, 2.24) is 0 Å². The molecule has 2 aromatic carbocycles. The zero-order chi connectivity index (χ0) is 15.2. The van der Waals surface area contributed by atoms with Gasteiger partial charge in [-0.05, 0) is 49.0 Å². The van der Waals surface area contributed by atoms with Crippen molar-refractivity contribution in [2.75, 3.05) is 10.6 Å². The predicted octanol–water partition coefficient (Wildman–Crippen LogP) is 3.43. The molecule has 0 amide bonds. The molecule has 21 heavy (non-hydrogen) atoms. The lowest BCUT2D eigenvalue weighted by Crippen LogP contribution is -2.19. The molecular formula is C16H16N2O2S. The smallest absolute Gasteiger partial charge is 0.307 e. The van der Waals surface area contributed by atoms with Crippen molar-refractivity contribution in [3.05, 3.63) is 59.7 Å². The maximum atomic E-state index is 10.6. The van der Waals surface area contributed by atoms with Crippen LogP contribution in [0.3, 0.4) is 0 Å². The summed E-state index contributed by atoms with van der Waals surface area (Å²) in [5.41, 5.74) is 3.67. The van der Waals surface area contributed by atoms with Gasteiger partial charge in [0, 0.05) is 11.4 Å². The summed E-state index contributed by atoms with van der Waals surface area (Å²) in [6, 6.07) is 15.1. The SMILES string of the molecule is Cc1ccc(NC(=S)Nc2ccc(CC(=O)O)cc2)cc1. The lowest BCUT2D eigenvalue weighted by molar-refractivity contribution is -0.136. The number of hydrogen-bond donors (Lipinski definition) is 3. The maximum Gasteiger partial charge on any atom is 0.307 e. The second kappa shape index (κ2) is 6.85. The number of rotatable bonds is 4. The maximum absolute atomic E-state index is 10.6. The van der Waals surface area contributed by atoms with Gasteiger partial charge in [-0.3, -0.25) is 4.79 Å². The molecule has 0 radical (unpaired) electrons. The Kier molecular flexibility index (Phi) is 4.90. The Hall–Kier alpha value is -2.40. The van der Waals surface area contributed by atoms with Crippen molar-refractivity contribution in [2.24, 2.45) is 0 Å². The van der Waals surface area contributed by atoms with Gasteiger partial charge in [0.25, 0.3) is 0 Å². The van der Waals surface area contributed by atoms with Crippen LogP contribution in [0.15, 0.2) is 48.5 Å². The lowest BCUT2D eigenvalue weighted by atomic mass is 10.1. The minimum atomic E-state index is -0.840. The van der Waals surface area contributed by atoms with Crippen molar-refractivity contribution in [2.45, 2.75) is 13.3 Å². The summed E-state index contributed by atoms with van der Waals surface area (Å²) in [5.74, 6) is -0.840. The van der Waals surface area contributed by atoms with Crippen molar-refractivity contribution in [3.8, 4) is 0 Å². The fraction of sp³-hybridized carbons (Fsp3) is 0.125. The number of carboxylic acid groups (broad SMARTS) is 1. The molecule has 2 aromatic rings. The van der Waals surface area contributed by atoms with E-state index in [0.29, 0.717) is 5.11 Å². The summed E-state index contributed by atoms with van der Waals surface area (Å²) in [6.45, 7) is 2.03. The fourth-order valence-electron chi connectivity index (χ4n) is 1.81. The van der Waals surface area contributed by atoms with E-state index in [1.165, 1.54) is 5.56 Å². The number of carbonyl (C=O) groups is 1. The first-order chi connectivity index (χ1) is 10.0. The highest BCUT2D eigenvalue weighted by Crippen LogP contribution is 2.12. The standard InChI is InChI=1S/C16H16N2O2S/c1-11-2-6-13(7-3-11)17-16(21)18-14-8-4-12(5-9-14)10-15(19)20/h2-9H,10H2,1H3,(H,19,20)(H2,17,18,21). The molecule has 108 valence electrons.